The van der Waals surface area contributed by atoms with Crippen molar-refractivity contribution < 1.29 is 13.9 Å². The summed E-state index contributed by atoms with van der Waals surface area (Å²) < 4.78 is 18.6. The number of benzene rings is 1. The van der Waals surface area contributed by atoms with Crippen LogP contribution in [0.15, 0.2) is 29.6 Å². The third-order valence-corrected chi connectivity index (χ3v) is 3.77. The fourth-order valence-electron chi connectivity index (χ4n) is 1.88. The van der Waals surface area contributed by atoms with Gasteiger partial charge in [-0.2, -0.15) is 0 Å². The Morgan fingerprint density at radius 2 is 2.25 bits per heavy atom. The molecule has 0 spiro atoms. The smallest absolute Gasteiger partial charge is 0.340 e. The molecule has 1 heterocycles. The number of thiophene rings is 1. The number of nitrogens with zero attached hydrogens (tertiary/aromatic N) is 1. The predicted molar refractivity (Wildman–Crippen MR) is 78.6 cm³/mol. The summed E-state index contributed by atoms with van der Waals surface area (Å²) in [6.45, 7) is 0.555. The molecule has 20 heavy (non-hydrogen) atoms. The van der Waals surface area contributed by atoms with Gasteiger partial charge in [-0.25, -0.2) is 9.18 Å². The number of nitrogen functional groups attached to an aromatic ring is 1. The van der Waals surface area contributed by atoms with E-state index in [2.05, 4.69) is 4.74 Å². The van der Waals surface area contributed by atoms with Crippen LogP contribution in [0.5, 0.6) is 0 Å². The fourth-order valence-corrected chi connectivity index (χ4v) is 2.64. The summed E-state index contributed by atoms with van der Waals surface area (Å²) in [5.41, 5.74) is 6.20. The molecular weight excluding hydrogens is 279 g/mol. The molecule has 2 N–H and O–H groups in total. The molecule has 0 radical (unpaired) electrons. The van der Waals surface area contributed by atoms with E-state index in [1.807, 2.05) is 17.5 Å². The number of carbonyl (C=O) groups excluding carboxylic acids is 1. The Balaban J connectivity index is 2.33. The third kappa shape index (κ3) is 2.91. The molecule has 6 heteroatoms. The molecule has 0 fully saturated rings. The second kappa shape index (κ2) is 5.92. The highest BCUT2D eigenvalue weighted by Crippen LogP contribution is 2.27. The molecule has 0 amide bonds. The zero-order valence-corrected chi connectivity index (χ0v) is 12.0. The van der Waals surface area contributed by atoms with Crippen LogP contribution < -0.4 is 10.6 Å². The Morgan fingerprint density at radius 1 is 1.50 bits per heavy atom. The number of rotatable bonds is 4. The topological polar surface area (TPSA) is 55.6 Å². The maximum atomic E-state index is 14.0. The van der Waals surface area contributed by atoms with Crippen molar-refractivity contribution >= 4 is 28.7 Å². The van der Waals surface area contributed by atoms with Crippen LogP contribution in [0, 0.1) is 5.82 Å². The summed E-state index contributed by atoms with van der Waals surface area (Å²) in [4.78, 5) is 14.4. The monoisotopic (exact) mass is 294 g/mol. The first kappa shape index (κ1) is 14.3. The van der Waals surface area contributed by atoms with Gasteiger partial charge in [-0.3, -0.25) is 0 Å². The first-order valence-corrected chi connectivity index (χ1v) is 6.81. The Kier molecular flexibility index (Phi) is 4.24. The molecule has 0 unspecified atom stereocenters. The molecule has 0 aliphatic heterocycles. The molecule has 0 saturated carbocycles. The molecule has 0 aliphatic carbocycles. The minimum Gasteiger partial charge on any atom is -0.465 e. The lowest BCUT2D eigenvalue weighted by molar-refractivity contribution is 0.0602. The normalized spacial score (nSPS) is 10.3. The van der Waals surface area contributed by atoms with Gasteiger partial charge in [-0.05, 0) is 23.6 Å². The average molecular weight is 294 g/mol. The Bertz CT molecular complexity index is 614. The lowest BCUT2D eigenvalue weighted by Gasteiger charge is -2.20. The van der Waals surface area contributed by atoms with Gasteiger partial charge in [-0.1, -0.05) is 6.07 Å². The number of esters is 1. The molecule has 1 aromatic heterocycles. The summed E-state index contributed by atoms with van der Waals surface area (Å²) in [5.74, 6) is -1.04. The van der Waals surface area contributed by atoms with E-state index >= 15 is 0 Å². The first-order valence-electron chi connectivity index (χ1n) is 5.93. The molecular formula is C14H15FN2O2S. The van der Waals surface area contributed by atoms with Crippen molar-refractivity contribution in [3.8, 4) is 0 Å². The number of hydrogen-bond donors (Lipinski definition) is 1. The summed E-state index contributed by atoms with van der Waals surface area (Å²) in [6, 6.07) is 6.47. The van der Waals surface area contributed by atoms with Crippen molar-refractivity contribution in [2.75, 3.05) is 24.8 Å². The highest BCUT2D eigenvalue weighted by molar-refractivity contribution is 7.09. The first-order chi connectivity index (χ1) is 9.52. The molecule has 0 aliphatic rings. The zero-order chi connectivity index (χ0) is 14.7. The van der Waals surface area contributed by atoms with Gasteiger partial charge >= 0.3 is 5.97 Å². The molecule has 2 rings (SSSR count). The number of methoxy groups -OCH3 is 1. The average Bonchev–Trinajstić information content (AvgIpc) is 2.90. The number of hydrogen-bond acceptors (Lipinski definition) is 5. The van der Waals surface area contributed by atoms with Crippen molar-refractivity contribution in [2.45, 2.75) is 6.54 Å². The Labute approximate surface area is 120 Å². The summed E-state index contributed by atoms with van der Waals surface area (Å²) in [6.07, 6.45) is 0. The van der Waals surface area contributed by atoms with Crippen LogP contribution in [0.3, 0.4) is 0 Å². The molecule has 0 atom stereocenters. The Morgan fingerprint density at radius 3 is 2.85 bits per heavy atom. The van der Waals surface area contributed by atoms with E-state index in [4.69, 9.17) is 5.73 Å². The van der Waals surface area contributed by atoms with Crippen molar-refractivity contribution in [3.63, 3.8) is 0 Å². The van der Waals surface area contributed by atoms with Crippen LogP contribution >= 0.6 is 11.3 Å². The standard InChI is InChI=1S/C14H15FN2O2S/c1-17(8-9-4-3-5-20-9)13-6-10(14(18)19-2)12(16)7-11(13)15/h3-7H,8,16H2,1-2H3. The zero-order valence-electron chi connectivity index (χ0n) is 11.2. The maximum absolute atomic E-state index is 14.0. The van der Waals surface area contributed by atoms with Gasteiger partial charge in [0, 0.05) is 17.6 Å². The Hall–Kier alpha value is -2.08. The summed E-state index contributed by atoms with van der Waals surface area (Å²) in [7, 11) is 3.02. The number of ether oxygens (including phenoxy) is 1. The minimum absolute atomic E-state index is 0.0719. The molecule has 4 nitrogen and oxygen atoms in total. The van der Waals surface area contributed by atoms with Crippen LogP contribution in [0.1, 0.15) is 15.2 Å². The maximum Gasteiger partial charge on any atom is 0.340 e. The largest absolute Gasteiger partial charge is 0.465 e. The van der Waals surface area contributed by atoms with Crippen LogP contribution in [-0.2, 0) is 11.3 Å². The molecule has 106 valence electrons. The third-order valence-electron chi connectivity index (χ3n) is 2.91. The van der Waals surface area contributed by atoms with Crippen LogP contribution in [0.2, 0.25) is 0 Å². The van der Waals surface area contributed by atoms with Crippen molar-refractivity contribution in [2.24, 2.45) is 0 Å². The van der Waals surface area contributed by atoms with E-state index in [9.17, 15) is 9.18 Å². The number of carbonyl (C=O) groups is 1. The van der Waals surface area contributed by atoms with Crippen LogP contribution in [-0.4, -0.2) is 20.1 Å². The summed E-state index contributed by atoms with van der Waals surface area (Å²) in [5, 5.41) is 1.96. The van der Waals surface area contributed by atoms with Gasteiger partial charge in [0.05, 0.1) is 24.9 Å². The number of anilines is 2. The molecule has 2 aromatic rings. The highest BCUT2D eigenvalue weighted by Gasteiger charge is 2.17. The van der Waals surface area contributed by atoms with Crippen molar-refractivity contribution in [1.29, 1.82) is 0 Å². The second-order valence-corrected chi connectivity index (χ2v) is 5.35. The lowest BCUT2D eigenvalue weighted by Crippen LogP contribution is -2.18. The van der Waals surface area contributed by atoms with E-state index in [1.54, 1.807) is 23.3 Å². The molecule has 0 saturated heterocycles. The van der Waals surface area contributed by atoms with Crippen LogP contribution in [0.4, 0.5) is 15.8 Å². The van der Waals surface area contributed by atoms with Crippen LogP contribution in [0.25, 0.3) is 0 Å². The quantitative estimate of drug-likeness (QED) is 0.696. The van der Waals surface area contributed by atoms with Gasteiger partial charge in [0.25, 0.3) is 0 Å². The fraction of sp³-hybridized carbons (Fsp3) is 0.214. The highest BCUT2D eigenvalue weighted by atomic mass is 32.1. The van der Waals surface area contributed by atoms with E-state index in [1.165, 1.54) is 13.2 Å². The minimum atomic E-state index is -0.576. The van der Waals surface area contributed by atoms with Gasteiger partial charge in [0.1, 0.15) is 5.82 Å². The lowest BCUT2D eigenvalue weighted by atomic mass is 10.1. The van der Waals surface area contributed by atoms with Crippen molar-refractivity contribution in [1.82, 2.24) is 0 Å². The summed E-state index contributed by atoms with van der Waals surface area (Å²) >= 11 is 1.59. The van der Waals surface area contributed by atoms with Gasteiger partial charge in [-0.15, -0.1) is 11.3 Å². The second-order valence-electron chi connectivity index (χ2n) is 4.32. The number of nitrogens with two attached hydrogens (primary N) is 1. The van der Waals surface area contributed by atoms with E-state index in [-0.39, 0.29) is 11.3 Å². The van der Waals surface area contributed by atoms with Crippen molar-refractivity contribution in [3.05, 3.63) is 45.9 Å². The molecule has 1 aromatic carbocycles. The van der Waals surface area contributed by atoms with Gasteiger partial charge < -0.3 is 15.4 Å². The number of halogens is 1. The SMILES string of the molecule is COC(=O)c1cc(N(C)Cc2cccs2)c(F)cc1N. The van der Waals surface area contributed by atoms with E-state index < -0.39 is 11.8 Å². The van der Waals surface area contributed by atoms with E-state index in [0.29, 0.717) is 12.2 Å². The van der Waals surface area contributed by atoms with Gasteiger partial charge in [0.15, 0.2) is 0 Å². The van der Waals surface area contributed by atoms with E-state index in [0.717, 1.165) is 10.9 Å². The predicted octanol–water partition coefficient (Wildman–Crippen LogP) is 2.89. The van der Waals surface area contributed by atoms with Gasteiger partial charge in [0.2, 0.25) is 0 Å². The molecule has 0 bridgehead atoms.